The Morgan fingerprint density at radius 2 is 0.486 bits per heavy atom. The fourth-order valence-electron chi connectivity index (χ4n) is 14.9. The van der Waals surface area contributed by atoms with Crippen LogP contribution in [-0.4, -0.2) is 24.9 Å². The number of allylic oxidation sites excluding steroid dienone is 18. The largest absolute Gasteiger partial charge is 0.416 e. The summed E-state index contributed by atoms with van der Waals surface area (Å²) < 4.78 is 285. The molecule has 0 radical (unpaired) electrons. The zero-order valence-corrected chi connectivity index (χ0v) is 72.8. The number of halogens is 21. The van der Waals surface area contributed by atoms with Gasteiger partial charge < -0.3 is 0 Å². The molecule has 0 unspecified atom stereocenters. The van der Waals surface area contributed by atoms with E-state index >= 15 is 0 Å². The number of nitrogens with zero attached hydrogens (tertiary/aromatic N) is 18. The predicted molar refractivity (Wildman–Crippen MR) is 480 cm³/mol. The van der Waals surface area contributed by atoms with Crippen molar-refractivity contribution in [2.24, 2.45) is 0 Å². The molecule has 5 aromatic heterocycles. The first-order valence-corrected chi connectivity index (χ1v) is 40.6. The lowest BCUT2D eigenvalue weighted by Crippen LogP contribution is -2.09. The molecule has 0 bridgehead atoms. The van der Waals surface area contributed by atoms with Gasteiger partial charge in [0.25, 0.3) is 0 Å². The summed E-state index contributed by atoms with van der Waals surface area (Å²) in [7, 11) is 0. The van der Waals surface area contributed by atoms with Gasteiger partial charge in [0.2, 0.25) is 58.5 Å². The van der Waals surface area contributed by atoms with Gasteiger partial charge >= 0.3 is 12.4 Å². The molecule has 0 atom stereocenters. The Labute approximate surface area is 809 Å². The summed E-state index contributed by atoms with van der Waals surface area (Å²) in [4.78, 5) is 30.5. The summed E-state index contributed by atoms with van der Waals surface area (Å²) in [5.74, 6) is -23.6. The van der Waals surface area contributed by atoms with Crippen molar-refractivity contribution in [2.45, 2.75) is 19.3 Å². The molecule has 704 valence electrons. The quantitative estimate of drug-likeness (QED) is 0.0382. The Bertz CT molecular complexity index is 8040. The second kappa shape index (κ2) is 42.6. The van der Waals surface area contributed by atoms with E-state index in [1.54, 1.807) is 122 Å². The van der Waals surface area contributed by atoms with Gasteiger partial charge in [-0.2, -0.15) is 115 Å². The van der Waals surface area contributed by atoms with Crippen LogP contribution in [0.3, 0.4) is 0 Å². The van der Waals surface area contributed by atoms with Crippen molar-refractivity contribution in [2.75, 3.05) is 0 Å². The standard InChI is InChI=1S/C30H15F6N3.C27H6F9N3.C26H12N6.C24H6F6N6/c1-17-3-5-18(6-4-17)23(15-37)25-26(24(16-38)19-7-11-21(12-8-19)29(31,32)33)27(25)28(39-2)20-9-13-22(14-10-20)30(34,35)36;1-39-27(12-6-19(32)26(36)20(33)7-12)23-21(13(8-37)10-2-15(28)24(34)16(29)3-10)22(23)14(9-38)11-4-17(30)25(35)18(31)5-11;1-30-26(20-8-12-32-13-9-20)25-23(19-4-2-17(3-5-19)21(14-27)15-28)24(25)22(16-29)18-6-10-31-11-7-18;1-33-24(12-6-19(29)36-20(30)7-12)23-21(13(8-31)10-2-15(25)34-16(26)3-10)22(23)14(9-32)11-4-17(27)35-18(28)5-11/h3-14H,1H3;2-7H;2-13H;2-7H/b;;24-22-,26-25-;. The second-order valence-corrected chi connectivity index (χ2v) is 30.2. The number of benzene rings is 7. The molecule has 146 heavy (non-hydrogen) atoms. The van der Waals surface area contributed by atoms with Crippen molar-refractivity contribution in [3.63, 3.8) is 0 Å². The number of nitriles is 9. The van der Waals surface area contributed by atoms with Gasteiger partial charge in [-0.1, -0.05) is 90.5 Å². The Morgan fingerprint density at radius 3 is 0.781 bits per heavy atom. The van der Waals surface area contributed by atoms with Crippen LogP contribution in [0.1, 0.15) is 77.9 Å². The molecular formula is C107H39F21N18. The lowest BCUT2D eigenvalue weighted by molar-refractivity contribution is -0.138. The minimum atomic E-state index is -4.59. The van der Waals surface area contributed by atoms with Crippen molar-refractivity contribution in [3.05, 3.63) is 502 Å². The van der Waals surface area contributed by atoms with Crippen LogP contribution in [0.4, 0.5) is 92.2 Å². The van der Waals surface area contributed by atoms with Gasteiger partial charge in [-0.25, -0.2) is 58.9 Å². The third kappa shape index (κ3) is 21.4. The zero-order chi connectivity index (χ0) is 106. The third-order valence-electron chi connectivity index (χ3n) is 21.6. The van der Waals surface area contributed by atoms with Crippen LogP contribution in [0.15, 0.2) is 280 Å². The molecule has 4 fully saturated rings. The molecule has 16 rings (SSSR count). The average Bonchev–Trinajstić information content (AvgIpc) is 1.61. The van der Waals surface area contributed by atoms with E-state index in [-0.39, 0.29) is 83.7 Å². The Hall–Kier alpha value is -20.9. The van der Waals surface area contributed by atoms with E-state index in [1.165, 1.54) is 0 Å². The van der Waals surface area contributed by atoms with Gasteiger partial charge in [-0.3, -0.25) is 9.97 Å². The highest BCUT2D eigenvalue weighted by Gasteiger charge is 2.46. The average molecular weight is 1980 g/mol. The maximum absolute atomic E-state index is 13.9. The summed E-state index contributed by atoms with van der Waals surface area (Å²) in [6.07, 6.45) is -2.70. The van der Waals surface area contributed by atoms with Crippen LogP contribution < -0.4 is 10.4 Å². The summed E-state index contributed by atoms with van der Waals surface area (Å²) in [5.41, 5.74) is -3.04. The van der Waals surface area contributed by atoms with E-state index in [4.69, 9.17) is 36.8 Å². The number of pyridine rings is 5. The lowest BCUT2D eigenvalue weighted by atomic mass is 10.0. The van der Waals surface area contributed by atoms with Crippen molar-refractivity contribution in [1.29, 1.82) is 47.4 Å². The van der Waals surface area contributed by atoms with E-state index in [0.29, 0.717) is 117 Å². The van der Waals surface area contributed by atoms with Crippen LogP contribution >= 0.6 is 0 Å². The maximum atomic E-state index is 13.9. The minimum Gasteiger partial charge on any atom is -0.265 e. The van der Waals surface area contributed by atoms with Crippen LogP contribution in [-0.2, 0) is 12.4 Å². The number of hydrogen-bond acceptors (Lipinski definition) is 14. The van der Waals surface area contributed by atoms with Crippen LogP contribution in [0.5, 0.6) is 0 Å². The van der Waals surface area contributed by atoms with E-state index in [0.717, 1.165) is 64.9 Å². The molecule has 0 N–H and O–H groups in total. The van der Waals surface area contributed by atoms with Crippen LogP contribution in [0.2, 0.25) is 0 Å². The normalized spacial score (nSPS) is 15.4. The van der Waals surface area contributed by atoms with Crippen molar-refractivity contribution < 1.29 is 92.2 Å². The Morgan fingerprint density at radius 1 is 0.253 bits per heavy atom. The molecule has 4 aliphatic carbocycles. The molecular weight excluding hydrogens is 1940 g/mol. The smallest absolute Gasteiger partial charge is 0.265 e. The SMILES string of the molecule is [C-]#[N+]/C(=C1/C(=c2ccc(=C(C#N)C#N)cc2)/C1=C(\C#N)c1ccncc1)c1ccncc1.[C-]#[N+]C(=C1C(=C(C#N)c2cc(F)c(F)c(F)c2)C1=C(C#N)c1cc(F)c(F)c(F)c1)c1cc(F)c(F)c(F)c1.[C-]#[N+]C(=C1C(=C(C#N)c2cc(F)nc(F)c2)C1=C(C#N)c1cc(F)nc(F)c1)c1cc(F)nc(F)c1.[C-]#[N+]C(=C1C(=C(C#N)c2ccc(C)cc2)C1=C(C#N)c1ccc(C(F)(F)F)cc1)c1ccc(C(F)(F)F)cc1. The summed E-state index contributed by atoms with van der Waals surface area (Å²) in [6, 6.07) is 52.1. The molecule has 5 heterocycles. The molecule has 0 spiro atoms. The van der Waals surface area contributed by atoms with Crippen molar-refractivity contribution >= 4 is 72.9 Å². The fraction of sp³-hybridized carbons (Fsp3) is 0.0280. The number of aryl methyl sites for hydroxylation is 1. The highest BCUT2D eigenvalue weighted by molar-refractivity contribution is 6.21. The molecule has 4 aliphatic rings. The van der Waals surface area contributed by atoms with Gasteiger partial charge in [0.05, 0.1) is 76.4 Å². The van der Waals surface area contributed by atoms with Crippen molar-refractivity contribution in [3.8, 4) is 54.6 Å². The lowest BCUT2D eigenvalue weighted by Gasteiger charge is -2.07. The van der Waals surface area contributed by atoms with Crippen LogP contribution in [0, 0.1) is 223 Å². The summed E-state index contributed by atoms with van der Waals surface area (Å²) >= 11 is 0. The molecule has 7 aromatic carbocycles. The predicted octanol–water partition coefficient (Wildman–Crippen LogP) is 24.6. The highest BCUT2D eigenvalue weighted by atomic mass is 19.4. The number of aromatic nitrogens is 5. The molecule has 18 nitrogen and oxygen atoms in total. The molecule has 39 heteroatoms. The second-order valence-electron chi connectivity index (χ2n) is 30.2. The first kappa shape index (κ1) is 102. The fourth-order valence-corrected chi connectivity index (χ4v) is 14.9. The molecule has 0 amide bonds. The molecule has 4 saturated carbocycles. The van der Waals surface area contributed by atoms with Gasteiger partial charge in [0.1, 0.15) is 60.2 Å². The minimum absolute atomic E-state index is 0.0250. The van der Waals surface area contributed by atoms with E-state index in [9.17, 15) is 129 Å². The highest BCUT2D eigenvalue weighted by Crippen LogP contribution is 2.60. The number of rotatable bonds is 11. The Balaban J connectivity index is 0.000000163. The topological polar surface area (TPSA) is 296 Å². The maximum Gasteiger partial charge on any atom is 0.416 e. The molecule has 12 aromatic rings. The number of alkyl halides is 6. The van der Waals surface area contributed by atoms with E-state index < -0.39 is 179 Å². The Kier molecular flexibility index (Phi) is 29.9. The van der Waals surface area contributed by atoms with Gasteiger partial charge in [0, 0.05) is 65.4 Å². The van der Waals surface area contributed by atoms with Gasteiger partial charge in [-0.15, -0.1) is 0 Å². The third-order valence-corrected chi connectivity index (χ3v) is 21.6. The monoisotopic (exact) mass is 1970 g/mol. The van der Waals surface area contributed by atoms with E-state index in [1.807, 2.05) is 25.1 Å². The van der Waals surface area contributed by atoms with Crippen LogP contribution in [0.25, 0.3) is 92.3 Å². The van der Waals surface area contributed by atoms with Gasteiger partial charge in [-0.05, 0) is 214 Å². The number of hydrogen-bond donors (Lipinski definition) is 0. The van der Waals surface area contributed by atoms with Gasteiger partial charge in [0.15, 0.2) is 52.4 Å². The zero-order valence-electron chi connectivity index (χ0n) is 72.8. The first-order chi connectivity index (χ1) is 69.7. The summed E-state index contributed by atoms with van der Waals surface area (Å²) in [5, 5.41) is 88.7. The summed E-state index contributed by atoms with van der Waals surface area (Å²) in [6.45, 7) is 32.5. The first-order valence-electron chi connectivity index (χ1n) is 40.6. The van der Waals surface area contributed by atoms with Crippen molar-refractivity contribution in [1.82, 2.24) is 24.9 Å². The molecule has 0 saturated heterocycles. The molecule has 0 aliphatic heterocycles. The van der Waals surface area contributed by atoms with E-state index in [2.05, 4.69) is 56.4 Å².